The third-order valence-corrected chi connectivity index (χ3v) is 4.47. The molecule has 1 aliphatic rings. The van der Waals surface area contributed by atoms with E-state index in [1.165, 1.54) is 41.1 Å². The van der Waals surface area contributed by atoms with Crippen molar-refractivity contribution in [2.45, 2.75) is 45.7 Å². The van der Waals surface area contributed by atoms with Gasteiger partial charge in [0.2, 0.25) is 0 Å². The molecule has 2 nitrogen and oxygen atoms in total. The quantitative estimate of drug-likeness (QED) is 0.842. The Kier molecular flexibility index (Phi) is 4.38. The van der Waals surface area contributed by atoms with Crippen LogP contribution in [0.2, 0.25) is 0 Å². The molecule has 2 N–H and O–H groups in total. The molecule has 3 heteroatoms. The van der Waals surface area contributed by atoms with Gasteiger partial charge in [-0.25, -0.2) is 0 Å². The molecule has 0 radical (unpaired) electrons. The minimum Gasteiger partial charge on any atom is -0.313 e. The number of aryl methyl sites for hydroxylation is 2. The van der Waals surface area contributed by atoms with E-state index in [1.54, 1.807) is 0 Å². The Bertz CT molecular complexity index is 307. The molecule has 1 saturated heterocycles. The van der Waals surface area contributed by atoms with Crippen LogP contribution in [0, 0.1) is 13.8 Å². The Hall–Kier alpha value is -0.380. The van der Waals surface area contributed by atoms with E-state index >= 15 is 0 Å². The lowest BCUT2D eigenvalue weighted by Gasteiger charge is -2.23. The second-order valence-corrected chi connectivity index (χ2v) is 6.07. The normalized spacial score (nSPS) is 21.2. The van der Waals surface area contributed by atoms with Crippen LogP contribution >= 0.6 is 11.3 Å². The van der Waals surface area contributed by atoms with Crippen molar-refractivity contribution in [3.63, 3.8) is 0 Å². The molecular formula is C13H22N2S. The molecule has 2 heterocycles. The first-order valence-corrected chi connectivity index (χ1v) is 7.07. The van der Waals surface area contributed by atoms with Crippen LogP contribution in [-0.4, -0.2) is 19.1 Å². The van der Waals surface area contributed by atoms with E-state index in [-0.39, 0.29) is 0 Å². The van der Waals surface area contributed by atoms with E-state index in [0.717, 1.165) is 13.1 Å². The SMILES string of the molecule is Cc1cc(CNCC2CCCCN2)sc1C. The smallest absolute Gasteiger partial charge is 0.0300 e. The predicted octanol–water partition coefficient (Wildman–Crippen LogP) is 2.60. The van der Waals surface area contributed by atoms with Gasteiger partial charge in [0.05, 0.1) is 0 Å². The van der Waals surface area contributed by atoms with Gasteiger partial charge in [-0.3, -0.25) is 0 Å². The zero-order valence-electron chi connectivity index (χ0n) is 10.3. The van der Waals surface area contributed by atoms with Gasteiger partial charge in [-0.1, -0.05) is 6.42 Å². The molecule has 1 aromatic heterocycles. The van der Waals surface area contributed by atoms with Gasteiger partial charge in [-0.15, -0.1) is 11.3 Å². The number of thiophene rings is 1. The van der Waals surface area contributed by atoms with E-state index in [9.17, 15) is 0 Å². The molecule has 2 rings (SSSR count). The molecule has 1 aromatic rings. The van der Waals surface area contributed by atoms with Crippen molar-refractivity contribution in [2.24, 2.45) is 0 Å². The van der Waals surface area contributed by atoms with Gasteiger partial charge in [0.25, 0.3) is 0 Å². The van der Waals surface area contributed by atoms with Crippen LogP contribution in [0.5, 0.6) is 0 Å². The van der Waals surface area contributed by atoms with Crippen molar-refractivity contribution >= 4 is 11.3 Å². The summed E-state index contributed by atoms with van der Waals surface area (Å²) >= 11 is 1.92. The molecule has 0 saturated carbocycles. The molecule has 1 atom stereocenters. The fourth-order valence-electron chi connectivity index (χ4n) is 2.20. The van der Waals surface area contributed by atoms with Gasteiger partial charge in [-0.05, 0) is 44.9 Å². The summed E-state index contributed by atoms with van der Waals surface area (Å²) in [6.45, 7) is 7.72. The molecule has 0 bridgehead atoms. The van der Waals surface area contributed by atoms with Crippen LogP contribution in [0.3, 0.4) is 0 Å². The highest BCUT2D eigenvalue weighted by molar-refractivity contribution is 7.12. The van der Waals surface area contributed by atoms with Crippen LogP contribution in [0.4, 0.5) is 0 Å². The summed E-state index contributed by atoms with van der Waals surface area (Å²) in [5, 5.41) is 7.12. The zero-order chi connectivity index (χ0) is 11.4. The average molecular weight is 238 g/mol. The molecule has 0 aliphatic carbocycles. The molecular weight excluding hydrogens is 216 g/mol. The van der Waals surface area contributed by atoms with Crippen molar-refractivity contribution in [1.82, 2.24) is 10.6 Å². The lowest BCUT2D eigenvalue weighted by atomic mass is 10.1. The first-order valence-electron chi connectivity index (χ1n) is 6.25. The van der Waals surface area contributed by atoms with Gasteiger partial charge in [0.15, 0.2) is 0 Å². The zero-order valence-corrected chi connectivity index (χ0v) is 11.1. The Morgan fingerprint density at radius 2 is 2.31 bits per heavy atom. The highest BCUT2D eigenvalue weighted by Crippen LogP contribution is 2.20. The Balaban J connectivity index is 1.71. The summed E-state index contributed by atoms with van der Waals surface area (Å²) in [6.07, 6.45) is 4.06. The Morgan fingerprint density at radius 3 is 2.94 bits per heavy atom. The molecule has 1 aliphatic heterocycles. The van der Waals surface area contributed by atoms with E-state index in [2.05, 4.69) is 30.5 Å². The Labute approximate surface area is 102 Å². The number of piperidine rings is 1. The summed E-state index contributed by atoms with van der Waals surface area (Å²) in [4.78, 5) is 2.92. The minimum atomic E-state index is 0.691. The molecule has 0 aromatic carbocycles. The number of hydrogen-bond donors (Lipinski definition) is 2. The lowest BCUT2D eigenvalue weighted by Crippen LogP contribution is -2.41. The summed E-state index contributed by atoms with van der Waals surface area (Å²) in [5.74, 6) is 0. The van der Waals surface area contributed by atoms with Crippen molar-refractivity contribution < 1.29 is 0 Å². The molecule has 1 fully saturated rings. The maximum atomic E-state index is 3.56. The fourth-order valence-corrected chi connectivity index (χ4v) is 3.23. The highest BCUT2D eigenvalue weighted by Gasteiger charge is 2.11. The lowest BCUT2D eigenvalue weighted by molar-refractivity contribution is 0.383. The molecule has 90 valence electrons. The maximum Gasteiger partial charge on any atom is 0.0300 e. The second-order valence-electron chi connectivity index (χ2n) is 4.73. The van der Waals surface area contributed by atoms with Gasteiger partial charge in [0, 0.05) is 28.9 Å². The van der Waals surface area contributed by atoms with Gasteiger partial charge >= 0.3 is 0 Å². The maximum absolute atomic E-state index is 3.56. The highest BCUT2D eigenvalue weighted by atomic mass is 32.1. The second kappa shape index (κ2) is 5.80. The standard InChI is InChI=1S/C13H22N2S/c1-10-7-13(16-11(10)2)9-14-8-12-5-3-4-6-15-12/h7,12,14-15H,3-6,8-9H2,1-2H3. The van der Waals surface area contributed by atoms with Gasteiger partial charge in [0.1, 0.15) is 0 Å². The topological polar surface area (TPSA) is 24.1 Å². The predicted molar refractivity (Wildman–Crippen MR) is 71.1 cm³/mol. The van der Waals surface area contributed by atoms with E-state index in [1.807, 2.05) is 11.3 Å². The summed E-state index contributed by atoms with van der Waals surface area (Å²) in [7, 11) is 0. The van der Waals surface area contributed by atoms with Crippen molar-refractivity contribution in [2.75, 3.05) is 13.1 Å². The van der Waals surface area contributed by atoms with E-state index in [4.69, 9.17) is 0 Å². The molecule has 0 amide bonds. The molecule has 1 unspecified atom stereocenters. The van der Waals surface area contributed by atoms with Crippen LogP contribution in [0.15, 0.2) is 6.07 Å². The average Bonchev–Trinajstić information content (AvgIpc) is 2.60. The van der Waals surface area contributed by atoms with Crippen molar-refractivity contribution in [1.29, 1.82) is 0 Å². The summed E-state index contributed by atoms with van der Waals surface area (Å²) in [5.41, 5.74) is 1.43. The molecule has 0 spiro atoms. The first kappa shape index (κ1) is 12.1. The van der Waals surface area contributed by atoms with Gasteiger partial charge in [-0.2, -0.15) is 0 Å². The molecule has 16 heavy (non-hydrogen) atoms. The number of rotatable bonds is 4. The minimum absolute atomic E-state index is 0.691. The Morgan fingerprint density at radius 1 is 1.44 bits per heavy atom. The largest absolute Gasteiger partial charge is 0.313 e. The monoisotopic (exact) mass is 238 g/mol. The van der Waals surface area contributed by atoms with E-state index < -0.39 is 0 Å². The van der Waals surface area contributed by atoms with Crippen LogP contribution < -0.4 is 10.6 Å². The number of nitrogens with one attached hydrogen (secondary N) is 2. The van der Waals surface area contributed by atoms with Crippen LogP contribution in [0.1, 0.15) is 34.6 Å². The third kappa shape index (κ3) is 3.30. The summed E-state index contributed by atoms with van der Waals surface area (Å²) < 4.78 is 0. The van der Waals surface area contributed by atoms with Crippen LogP contribution in [-0.2, 0) is 6.54 Å². The third-order valence-electron chi connectivity index (χ3n) is 3.32. The number of hydrogen-bond acceptors (Lipinski definition) is 3. The van der Waals surface area contributed by atoms with E-state index in [0.29, 0.717) is 6.04 Å². The van der Waals surface area contributed by atoms with Crippen LogP contribution in [0.25, 0.3) is 0 Å². The van der Waals surface area contributed by atoms with Crippen molar-refractivity contribution in [3.05, 3.63) is 21.4 Å². The van der Waals surface area contributed by atoms with Gasteiger partial charge < -0.3 is 10.6 Å². The first-order chi connectivity index (χ1) is 7.75. The van der Waals surface area contributed by atoms with Crippen molar-refractivity contribution in [3.8, 4) is 0 Å². The fraction of sp³-hybridized carbons (Fsp3) is 0.692. The summed E-state index contributed by atoms with van der Waals surface area (Å²) in [6, 6.07) is 3.00.